The third-order valence-electron chi connectivity index (χ3n) is 6.16. The van der Waals surface area contributed by atoms with E-state index in [1.54, 1.807) is 11.3 Å². The highest BCUT2D eigenvalue weighted by Crippen LogP contribution is 2.28. The van der Waals surface area contributed by atoms with Gasteiger partial charge in [-0.2, -0.15) is 0 Å². The summed E-state index contributed by atoms with van der Waals surface area (Å²) in [6.07, 6.45) is 3.67. The van der Waals surface area contributed by atoms with Crippen LogP contribution in [-0.2, 0) is 16.0 Å². The van der Waals surface area contributed by atoms with E-state index >= 15 is 0 Å². The van der Waals surface area contributed by atoms with Crippen molar-refractivity contribution in [3.8, 4) is 0 Å². The Balaban J connectivity index is 0.000000194. The zero-order chi connectivity index (χ0) is 23.8. The number of nitrogens with one attached hydrogen (secondary N) is 1. The molecule has 1 amide bonds. The number of benzene rings is 2. The number of fused-ring (bicyclic) bond motifs is 1. The first-order valence-electron chi connectivity index (χ1n) is 11.5. The third kappa shape index (κ3) is 7.39. The number of hydrogen-bond donors (Lipinski definition) is 1. The van der Waals surface area contributed by atoms with E-state index in [1.807, 2.05) is 55.6 Å². The average Bonchev–Trinajstić information content (AvgIpc) is 3.21. The van der Waals surface area contributed by atoms with Crippen LogP contribution in [0.2, 0.25) is 5.02 Å². The lowest BCUT2D eigenvalue weighted by Gasteiger charge is -2.29. The molecule has 0 bridgehead atoms. The third-order valence-corrected chi connectivity index (χ3v) is 7.43. The van der Waals surface area contributed by atoms with Crippen LogP contribution in [0.15, 0.2) is 53.9 Å². The lowest BCUT2D eigenvalue weighted by atomic mass is 9.90. The Morgan fingerprint density at radius 3 is 2.45 bits per heavy atom. The summed E-state index contributed by atoms with van der Waals surface area (Å²) in [6, 6.07) is 15.9. The molecule has 1 unspecified atom stereocenters. The van der Waals surface area contributed by atoms with Gasteiger partial charge in [-0.3, -0.25) is 4.79 Å². The minimum atomic E-state index is -0.405. The topological polar surface area (TPSA) is 49.4 Å². The van der Waals surface area contributed by atoms with Crippen molar-refractivity contribution in [2.75, 3.05) is 20.1 Å². The molecule has 1 saturated heterocycles. The molecule has 4 rings (SSSR count). The molecule has 1 atom stereocenters. The van der Waals surface area contributed by atoms with Crippen LogP contribution in [0.5, 0.6) is 0 Å². The molecule has 4 nitrogen and oxygen atoms in total. The molecule has 1 fully saturated rings. The van der Waals surface area contributed by atoms with Gasteiger partial charge < -0.3 is 15.0 Å². The van der Waals surface area contributed by atoms with E-state index in [0.717, 1.165) is 28.2 Å². The number of carbonyl (C=O) groups excluding carboxylic acids is 2. The molecule has 0 spiro atoms. The highest BCUT2D eigenvalue weighted by Gasteiger charge is 2.18. The van der Waals surface area contributed by atoms with Crippen LogP contribution >= 0.6 is 22.9 Å². The van der Waals surface area contributed by atoms with E-state index in [1.165, 1.54) is 36.2 Å². The summed E-state index contributed by atoms with van der Waals surface area (Å²) in [6.45, 7) is 6.26. The maximum Gasteiger partial charge on any atom is 0.225 e. The average molecular weight is 485 g/mol. The zero-order valence-corrected chi connectivity index (χ0v) is 21.2. The van der Waals surface area contributed by atoms with Gasteiger partial charge >= 0.3 is 0 Å². The smallest absolute Gasteiger partial charge is 0.225 e. The number of piperidine rings is 1. The normalized spacial score (nSPS) is 15.7. The lowest BCUT2D eigenvalue weighted by molar-refractivity contribution is -0.124. The monoisotopic (exact) mass is 484 g/mol. The van der Waals surface area contributed by atoms with Gasteiger partial charge in [0.1, 0.15) is 6.29 Å². The fraction of sp³-hybridized carbons (Fsp3) is 0.407. The van der Waals surface area contributed by atoms with Crippen molar-refractivity contribution in [1.82, 2.24) is 10.2 Å². The van der Waals surface area contributed by atoms with Gasteiger partial charge in [-0.1, -0.05) is 55.8 Å². The summed E-state index contributed by atoms with van der Waals surface area (Å²) >= 11 is 7.50. The van der Waals surface area contributed by atoms with Crippen LogP contribution < -0.4 is 5.32 Å². The first-order chi connectivity index (χ1) is 15.9. The fourth-order valence-corrected chi connectivity index (χ4v) is 5.10. The van der Waals surface area contributed by atoms with Crippen LogP contribution in [0.4, 0.5) is 0 Å². The number of likely N-dealkylation sites (tertiary alicyclic amines) is 1. The minimum Gasteiger partial charge on any atom is -0.346 e. The summed E-state index contributed by atoms with van der Waals surface area (Å²) in [5, 5.41) is 6.73. The summed E-state index contributed by atoms with van der Waals surface area (Å²) in [5.74, 6) is 0.749. The number of nitrogens with zero attached hydrogens (tertiary/aromatic N) is 1. The van der Waals surface area contributed by atoms with E-state index < -0.39 is 6.04 Å². The molecule has 0 saturated carbocycles. The van der Waals surface area contributed by atoms with Gasteiger partial charge in [-0.15, -0.1) is 11.3 Å². The second-order valence-electron chi connectivity index (χ2n) is 9.04. The second-order valence-corrected chi connectivity index (χ2v) is 10.4. The molecule has 1 aliphatic heterocycles. The van der Waals surface area contributed by atoms with Crippen molar-refractivity contribution in [2.24, 2.45) is 5.92 Å². The number of rotatable bonds is 6. The predicted octanol–water partition coefficient (Wildman–Crippen LogP) is 5.93. The Kier molecular flexibility index (Phi) is 9.48. The number of halogens is 1. The van der Waals surface area contributed by atoms with E-state index in [9.17, 15) is 9.59 Å². The summed E-state index contributed by atoms with van der Waals surface area (Å²) < 4.78 is 1.18. The first kappa shape index (κ1) is 25.4. The number of amides is 1. The Labute approximate surface area is 205 Å². The van der Waals surface area contributed by atoms with Crippen LogP contribution in [0, 0.1) is 5.92 Å². The van der Waals surface area contributed by atoms with E-state index in [0.29, 0.717) is 6.42 Å². The van der Waals surface area contributed by atoms with E-state index in [2.05, 4.69) is 29.4 Å². The summed E-state index contributed by atoms with van der Waals surface area (Å²) in [7, 11) is 2.19. The zero-order valence-electron chi connectivity index (χ0n) is 19.6. The van der Waals surface area contributed by atoms with Gasteiger partial charge in [0.15, 0.2) is 0 Å². The molecule has 1 aliphatic rings. The Bertz CT molecular complexity index is 1040. The Morgan fingerprint density at radius 1 is 1.15 bits per heavy atom. The SMILES string of the molecule is CC(C)C(C=O)NC(=O)Cc1csc2ccccc12.CN1CCC(c2ccc(Cl)cc2)CC1. The fourth-order valence-electron chi connectivity index (χ4n) is 4.01. The molecular formula is C27H33ClN2O2S. The van der Waals surface area contributed by atoms with Gasteiger partial charge in [0.25, 0.3) is 0 Å². The number of aldehydes is 1. The van der Waals surface area contributed by atoms with Gasteiger partial charge in [0.05, 0.1) is 12.5 Å². The molecule has 2 aromatic carbocycles. The first-order valence-corrected chi connectivity index (χ1v) is 12.8. The molecule has 0 aliphatic carbocycles. The van der Waals surface area contributed by atoms with Crippen LogP contribution in [0.25, 0.3) is 10.1 Å². The van der Waals surface area contributed by atoms with Crippen molar-refractivity contribution >= 4 is 45.2 Å². The predicted molar refractivity (Wildman–Crippen MR) is 139 cm³/mol. The van der Waals surface area contributed by atoms with Gasteiger partial charge in [0, 0.05) is 9.72 Å². The van der Waals surface area contributed by atoms with Crippen LogP contribution in [-0.4, -0.2) is 43.3 Å². The molecule has 33 heavy (non-hydrogen) atoms. The molecule has 176 valence electrons. The summed E-state index contributed by atoms with van der Waals surface area (Å²) in [4.78, 5) is 25.2. The molecule has 6 heteroatoms. The minimum absolute atomic E-state index is 0.102. The highest BCUT2D eigenvalue weighted by molar-refractivity contribution is 7.17. The molecule has 1 aromatic heterocycles. The maximum absolute atomic E-state index is 12.0. The van der Waals surface area contributed by atoms with Gasteiger partial charge in [0.2, 0.25) is 5.91 Å². The van der Waals surface area contributed by atoms with Crippen molar-refractivity contribution in [3.63, 3.8) is 0 Å². The molecule has 0 radical (unpaired) electrons. The quantitative estimate of drug-likeness (QED) is 0.441. The number of hydrogen-bond acceptors (Lipinski definition) is 4. The molecule has 2 heterocycles. The molecular weight excluding hydrogens is 452 g/mol. The van der Waals surface area contributed by atoms with E-state index in [4.69, 9.17) is 11.6 Å². The van der Waals surface area contributed by atoms with Crippen LogP contribution in [0.1, 0.15) is 43.7 Å². The molecule has 1 N–H and O–H groups in total. The van der Waals surface area contributed by atoms with Crippen molar-refractivity contribution < 1.29 is 9.59 Å². The van der Waals surface area contributed by atoms with Crippen molar-refractivity contribution in [1.29, 1.82) is 0 Å². The highest BCUT2D eigenvalue weighted by atomic mass is 35.5. The van der Waals surface area contributed by atoms with Crippen molar-refractivity contribution in [2.45, 2.75) is 45.1 Å². The summed E-state index contributed by atoms with van der Waals surface area (Å²) in [5.41, 5.74) is 2.47. The second kappa shape index (κ2) is 12.3. The molecule has 3 aromatic rings. The Hall–Kier alpha value is -2.21. The van der Waals surface area contributed by atoms with E-state index in [-0.39, 0.29) is 11.8 Å². The number of carbonyl (C=O) groups is 2. The standard InChI is InChI=1S/C15H17NO2S.C12H16ClN/c1-10(2)13(8-17)16-15(18)7-11-9-19-14-6-4-3-5-12(11)14;1-14-8-6-11(7-9-14)10-2-4-12(13)5-3-10/h3-6,8-10,13H,7H2,1-2H3,(H,16,18);2-5,11H,6-9H2,1H3. The van der Waals surface area contributed by atoms with Crippen molar-refractivity contribution in [3.05, 3.63) is 70.1 Å². The van der Waals surface area contributed by atoms with Crippen LogP contribution in [0.3, 0.4) is 0 Å². The maximum atomic E-state index is 12.0. The Morgan fingerprint density at radius 2 is 1.82 bits per heavy atom. The lowest BCUT2D eigenvalue weighted by Crippen LogP contribution is -2.40. The van der Waals surface area contributed by atoms with Gasteiger partial charge in [-0.25, -0.2) is 0 Å². The number of thiophene rings is 1. The van der Waals surface area contributed by atoms with Gasteiger partial charge in [-0.05, 0) is 84.9 Å². The largest absolute Gasteiger partial charge is 0.346 e.